The van der Waals surface area contributed by atoms with Gasteiger partial charge in [-0.1, -0.05) is 127 Å². The quantitative estimate of drug-likeness (QED) is 0.153. The number of para-hydroxylation sites is 2. The number of fused-ring (bicyclic) bond motifs is 6. The van der Waals surface area contributed by atoms with Crippen LogP contribution in [0.2, 0.25) is 0 Å². The minimum atomic E-state index is 1.08. The molecule has 250 valence electrons. The first-order valence-corrected chi connectivity index (χ1v) is 18.8. The maximum absolute atomic E-state index is 2.42. The molecule has 0 aliphatic heterocycles. The topological polar surface area (TPSA) is 6.48 Å². The second-order valence-corrected chi connectivity index (χ2v) is 14.5. The molecule has 2 nitrogen and oxygen atoms in total. The number of anilines is 6. The molecule has 0 atom stereocenters. The van der Waals surface area contributed by atoms with E-state index in [1.165, 1.54) is 52.8 Å². The molecule has 0 fully saturated rings. The maximum Gasteiger partial charge on any atom is 0.0540 e. The Kier molecular flexibility index (Phi) is 7.71. The Balaban J connectivity index is 1.17. The first-order chi connectivity index (χ1) is 26.3. The zero-order valence-corrected chi connectivity index (χ0v) is 29.7. The number of rotatable bonds is 7. The Hall–Kier alpha value is -6.68. The minimum absolute atomic E-state index is 1.08. The van der Waals surface area contributed by atoms with E-state index in [1.807, 2.05) is 11.3 Å². The van der Waals surface area contributed by atoms with Gasteiger partial charge in [0.2, 0.25) is 0 Å². The molecule has 9 aromatic carbocycles. The van der Waals surface area contributed by atoms with Gasteiger partial charge in [-0.25, -0.2) is 0 Å². The summed E-state index contributed by atoms with van der Waals surface area (Å²) in [6.07, 6.45) is 0. The normalized spacial score (nSPS) is 11.4. The van der Waals surface area contributed by atoms with Crippen LogP contribution in [0.1, 0.15) is 0 Å². The zero-order chi connectivity index (χ0) is 35.1. The van der Waals surface area contributed by atoms with Gasteiger partial charge in [-0.3, -0.25) is 0 Å². The van der Waals surface area contributed by atoms with E-state index in [4.69, 9.17) is 0 Å². The average molecular weight is 695 g/mol. The molecule has 0 saturated heterocycles. The van der Waals surface area contributed by atoms with Crippen LogP contribution in [-0.2, 0) is 0 Å². The number of hydrogen-bond acceptors (Lipinski definition) is 3. The van der Waals surface area contributed by atoms with Gasteiger partial charge in [-0.2, -0.15) is 0 Å². The predicted octanol–water partition coefficient (Wildman–Crippen LogP) is 15.0. The fourth-order valence-electron chi connectivity index (χ4n) is 7.72. The predicted molar refractivity (Wildman–Crippen MR) is 229 cm³/mol. The first kappa shape index (κ1) is 31.1. The van der Waals surface area contributed by atoms with Crippen molar-refractivity contribution in [3.63, 3.8) is 0 Å². The number of hydrogen-bond donors (Lipinski definition) is 0. The van der Waals surface area contributed by atoms with Crippen LogP contribution in [0.25, 0.3) is 52.8 Å². The van der Waals surface area contributed by atoms with Gasteiger partial charge in [0, 0.05) is 54.0 Å². The number of benzene rings is 9. The maximum atomic E-state index is 2.42. The van der Waals surface area contributed by atoms with E-state index in [0.29, 0.717) is 0 Å². The Bertz CT molecular complexity index is 2840. The van der Waals surface area contributed by atoms with E-state index in [0.717, 1.165) is 34.1 Å². The van der Waals surface area contributed by atoms with Crippen molar-refractivity contribution in [1.29, 1.82) is 0 Å². The fourth-order valence-corrected chi connectivity index (χ4v) is 8.85. The molecule has 0 radical (unpaired) electrons. The Morgan fingerprint density at radius 1 is 0.283 bits per heavy atom. The summed E-state index contributed by atoms with van der Waals surface area (Å²) >= 11 is 1.87. The standard InChI is InChI=1S/C50H34N2S/c1-4-14-35(15-5-1)36-26-29-40(30-27-36)52(42-21-12-20-41(33-42)51(38-16-6-2-7-17-38)39-18-8-3-9-19-39)48-24-13-23-43-44(48)31-28-37-32-47-45-22-10-11-25-49(45)53-50(47)34-46(37)43/h1-34H. The number of thiophene rings is 1. The highest BCUT2D eigenvalue weighted by molar-refractivity contribution is 7.25. The highest BCUT2D eigenvalue weighted by Gasteiger charge is 2.20. The van der Waals surface area contributed by atoms with Crippen molar-refractivity contribution in [2.45, 2.75) is 0 Å². The van der Waals surface area contributed by atoms with Gasteiger partial charge in [0.05, 0.1) is 5.69 Å². The third-order valence-electron chi connectivity index (χ3n) is 10.2. The smallest absolute Gasteiger partial charge is 0.0540 e. The Morgan fingerprint density at radius 3 is 1.58 bits per heavy atom. The third kappa shape index (κ3) is 5.59. The molecule has 0 bridgehead atoms. The van der Waals surface area contributed by atoms with Crippen LogP contribution in [0.5, 0.6) is 0 Å². The molecule has 1 aromatic heterocycles. The summed E-state index contributed by atoms with van der Waals surface area (Å²) in [5.74, 6) is 0. The second-order valence-electron chi connectivity index (χ2n) is 13.4. The van der Waals surface area contributed by atoms with Gasteiger partial charge in [-0.15, -0.1) is 11.3 Å². The number of nitrogens with zero attached hydrogens (tertiary/aromatic N) is 2. The lowest BCUT2D eigenvalue weighted by Gasteiger charge is -2.30. The highest BCUT2D eigenvalue weighted by Crippen LogP contribution is 2.45. The van der Waals surface area contributed by atoms with Crippen molar-refractivity contribution < 1.29 is 0 Å². The summed E-state index contributed by atoms with van der Waals surface area (Å²) in [4.78, 5) is 4.74. The van der Waals surface area contributed by atoms with Crippen LogP contribution in [0.4, 0.5) is 34.1 Å². The molecule has 0 aliphatic rings. The third-order valence-corrected chi connectivity index (χ3v) is 11.3. The average Bonchev–Trinajstić information content (AvgIpc) is 3.59. The molecule has 0 amide bonds. The van der Waals surface area contributed by atoms with Crippen LogP contribution in [0.3, 0.4) is 0 Å². The zero-order valence-electron chi connectivity index (χ0n) is 28.9. The van der Waals surface area contributed by atoms with Crippen molar-refractivity contribution in [2.24, 2.45) is 0 Å². The lowest BCUT2D eigenvalue weighted by Crippen LogP contribution is -2.13. The molecular formula is C50H34N2S. The second kappa shape index (κ2) is 13.1. The Morgan fingerprint density at radius 2 is 0.849 bits per heavy atom. The van der Waals surface area contributed by atoms with E-state index in [-0.39, 0.29) is 0 Å². The monoisotopic (exact) mass is 694 g/mol. The molecule has 1 heterocycles. The molecule has 10 aromatic rings. The van der Waals surface area contributed by atoms with Crippen LogP contribution in [-0.4, -0.2) is 0 Å². The summed E-state index contributed by atoms with van der Waals surface area (Å²) in [5.41, 5.74) is 9.02. The molecule has 0 unspecified atom stereocenters. The molecule has 0 aliphatic carbocycles. The van der Waals surface area contributed by atoms with Gasteiger partial charge in [0.25, 0.3) is 0 Å². The lowest BCUT2D eigenvalue weighted by atomic mass is 9.98. The van der Waals surface area contributed by atoms with E-state index in [1.54, 1.807) is 0 Å². The minimum Gasteiger partial charge on any atom is -0.310 e. The summed E-state index contributed by atoms with van der Waals surface area (Å²) < 4.78 is 2.65. The Labute approximate surface area is 313 Å². The molecule has 0 saturated carbocycles. The van der Waals surface area contributed by atoms with Crippen LogP contribution in [0, 0.1) is 0 Å². The molecule has 0 N–H and O–H groups in total. The largest absolute Gasteiger partial charge is 0.310 e. The first-order valence-electron chi connectivity index (χ1n) is 18.0. The SMILES string of the molecule is c1ccc(-c2ccc(N(c3cccc(N(c4ccccc4)c4ccccc4)c3)c3cccc4c3ccc3cc5c(cc34)sc3ccccc35)cc2)cc1. The van der Waals surface area contributed by atoms with E-state index < -0.39 is 0 Å². The summed E-state index contributed by atoms with van der Waals surface area (Å²) in [6.45, 7) is 0. The molecule has 10 rings (SSSR count). The van der Waals surface area contributed by atoms with Crippen molar-refractivity contribution in [3.8, 4) is 11.1 Å². The van der Waals surface area contributed by atoms with Crippen LogP contribution >= 0.6 is 11.3 Å². The van der Waals surface area contributed by atoms with Crippen molar-refractivity contribution in [1.82, 2.24) is 0 Å². The van der Waals surface area contributed by atoms with Gasteiger partial charge in [-0.05, 0) is 106 Å². The van der Waals surface area contributed by atoms with E-state index in [9.17, 15) is 0 Å². The summed E-state index contributed by atoms with van der Waals surface area (Å²) in [6, 6.07) is 74.6. The van der Waals surface area contributed by atoms with Crippen molar-refractivity contribution in [3.05, 3.63) is 206 Å². The van der Waals surface area contributed by atoms with Crippen molar-refractivity contribution in [2.75, 3.05) is 9.80 Å². The van der Waals surface area contributed by atoms with E-state index >= 15 is 0 Å². The van der Waals surface area contributed by atoms with Crippen LogP contribution in [0.15, 0.2) is 206 Å². The fraction of sp³-hybridized carbons (Fsp3) is 0. The summed E-state index contributed by atoms with van der Waals surface area (Å²) in [5, 5.41) is 7.64. The highest BCUT2D eigenvalue weighted by atomic mass is 32.1. The van der Waals surface area contributed by atoms with E-state index in [2.05, 4.69) is 216 Å². The molecule has 0 spiro atoms. The lowest BCUT2D eigenvalue weighted by molar-refractivity contribution is 1.25. The summed E-state index contributed by atoms with van der Waals surface area (Å²) in [7, 11) is 0. The van der Waals surface area contributed by atoms with Gasteiger partial charge < -0.3 is 9.80 Å². The van der Waals surface area contributed by atoms with Gasteiger partial charge in [0.15, 0.2) is 0 Å². The molecule has 3 heteroatoms. The van der Waals surface area contributed by atoms with Gasteiger partial charge >= 0.3 is 0 Å². The van der Waals surface area contributed by atoms with Crippen LogP contribution < -0.4 is 9.80 Å². The molecule has 53 heavy (non-hydrogen) atoms. The van der Waals surface area contributed by atoms with Gasteiger partial charge in [0.1, 0.15) is 0 Å². The molecular weight excluding hydrogens is 661 g/mol. The van der Waals surface area contributed by atoms with Crippen molar-refractivity contribution >= 4 is 87.2 Å².